The summed E-state index contributed by atoms with van der Waals surface area (Å²) in [7, 11) is -7.70. The maximum Gasteiger partial charge on any atom is 0.317 e. The highest BCUT2D eigenvalue weighted by Crippen LogP contribution is 2.26. The van der Waals surface area contributed by atoms with Crippen LogP contribution in [0.15, 0.2) is 0 Å². The van der Waals surface area contributed by atoms with Crippen LogP contribution in [0.3, 0.4) is 0 Å². The summed E-state index contributed by atoms with van der Waals surface area (Å²) in [4.78, 5) is 0. The standard InChI is InChI=1S/C13H38N2O3Si4.6CH4/c1-19(2,3)16-21(7,8)18-22(9,17-20(4,5)6)13-12-15-11-10-14;;;;;;/h15H,10-14H2,1-9H3;6*1H4. The van der Waals surface area contributed by atoms with E-state index in [1.54, 1.807) is 0 Å². The fourth-order valence-electron chi connectivity index (χ4n) is 2.59. The number of rotatable bonds is 11. The predicted octanol–water partition coefficient (Wildman–Crippen LogP) is 6.84. The van der Waals surface area contributed by atoms with Gasteiger partial charge in [-0.15, -0.1) is 0 Å². The van der Waals surface area contributed by atoms with Gasteiger partial charge in [0.2, 0.25) is 0 Å². The van der Waals surface area contributed by atoms with Crippen molar-refractivity contribution in [3.8, 4) is 0 Å². The summed E-state index contributed by atoms with van der Waals surface area (Å²) < 4.78 is 19.4. The van der Waals surface area contributed by atoms with Crippen molar-refractivity contribution in [2.24, 2.45) is 5.73 Å². The van der Waals surface area contributed by atoms with Crippen LogP contribution in [0.1, 0.15) is 44.6 Å². The molecule has 0 heterocycles. The fraction of sp³-hybridized carbons (Fsp3) is 1.00. The van der Waals surface area contributed by atoms with Crippen molar-refractivity contribution >= 4 is 33.8 Å². The van der Waals surface area contributed by atoms with E-state index in [4.69, 9.17) is 18.1 Å². The first-order valence-electron chi connectivity index (χ1n) is 8.19. The Balaban J connectivity index is -0.000000147. The van der Waals surface area contributed by atoms with Gasteiger partial charge >= 0.3 is 17.1 Å². The summed E-state index contributed by atoms with van der Waals surface area (Å²) in [6.45, 7) is 22.2. The molecular weight excluding hydrogens is 417 g/mol. The summed E-state index contributed by atoms with van der Waals surface area (Å²) in [5, 5.41) is 3.36. The van der Waals surface area contributed by atoms with E-state index in [0.29, 0.717) is 6.54 Å². The van der Waals surface area contributed by atoms with Gasteiger partial charge in [0.05, 0.1) is 0 Å². The van der Waals surface area contributed by atoms with Gasteiger partial charge in [-0.2, -0.15) is 0 Å². The molecule has 0 aliphatic rings. The SMILES string of the molecule is C.C.C.C.C.C.C[Si](C)(C)O[Si](C)(C)O[Si](C)(CCNCCN)O[Si](C)(C)C. The van der Waals surface area contributed by atoms with E-state index in [1.807, 2.05) is 0 Å². The van der Waals surface area contributed by atoms with Crippen molar-refractivity contribution in [1.82, 2.24) is 5.32 Å². The van der Waals surface area contributed by atoms with Crippen LogP contribution in [0.25, 0.3) is 0 Å². The summed E-state index contributed by atoms with van der Waals surface area (Å²) >= 11 is 0. The Kier molecular flexibility index (Phi) is 30.8. The normalized spacial score (nSPS) is 13.1. The van der Waals surface area contributed by atoms with Gasteiger partial charge < -0.3 is 23.4 Å². The van der Waals surface area contributed by atoms with Crippen molar-refractivity contribution in [1.29, 1.82) is 0 Å². The molecule has 0 saturated carbocycles. The molecule has 28 heavy (non-hydrogen) atoms. The van der Waals surface area contributed by atoms with Gasteiger partial charge in [-0.05, 0) is 65.5 Å². The van der Waals surface area contributed by atoms with E-state index in [-0.39, 0.29) is 44.6 Å². The lowest BCUT2D eigenvalue weighted by Gasteiger charge is -2.41. The Morgan fingerprint density at radius 1 is 0.607 bits per heavy atom. The first-order chi connectivity index (χ1) is 9.68. The first kappa shape index (κ1) is 46.7. The molecular formula is C19H62N2O3Si4. The summed E-state index contributed by atoms with van der Waals surface area (Å²) in [6, 6.07) is 0.933. The van der Waals surface area contributed by atoms with Crippen LogP contribution in [0.4, 0.5) is 0 Å². The van der Waals surface area contributed by atoms with Crippen LogP contribution in [-0.2, 0) is 12.3 Å². The van der Waals surface area contributed by atoms with E-state index in [2.05, 4.69) is 64.2 Å². The monoisotopic (exact) mass is 478 g/mol. The lowest BCUT2D eigenvalue weighted by Crippen LogP contribution is -2.57. The smallest absolute Gasteiger partial charge is 0.317 e. The topological polar surface area (TPSA) is 65.7 Å². The van der Waals surface area contributed by atoms with Gasteiger partial charge in [-0.1, -0.05) is 44.6 Å². The van der Waals surface area contributed by atoms with Crippen LogP contribution in [-0.4, -0.2) is 53.4 Å². The largest absolute Gasteiger partial charge is 0.437 e. The molecule has 0 aromatic rings. The van der Waals surface area contributed by atoms with Crippen LogP contribution >= 0.6 is 0 Å². The third-order valence-electron chi connectivity index (χ3n) is 2.61. The van der Waals surface area contributed by atoms with E-state index in [9.17, 15) is 0 Å². The molecule has 0 aromatic carbocycles. The van der Waals surface area contributed by atoms with Crippen molar-refractivity contribution in [2.75, 3.05) is 19.6 Å². The highest BCUT2D eigenvalue weighted by molar-refractivity contribution is 6.89. The van der Waals surface area contributed by atoms with Crippen molar-refractivity contribution in [3.63, 3.8) is 0 Å². The molecule has 3 N–H and O–H groups in total. The Bertz CT molecular complexity index is 336. The van der Waals surface area contributed by atoms with Crippen LogP contribution in [0, 0.1) is 0 Å². The Morgan fingerprint density at radius 2 is 1.00 bits per heavy atom. The Labute approximate surface area is 186 Å². The zero-order chi connectivity index (χ0) is 17.7. The maximum absolute atomic E-state index is 6.59. The number of nitrogens with two attached hydrogens (primary N) is 1. The van der Waals surface area contributed by atoms with Gasteiger partial charge in [0.25, 0.3) is 0 Å². The second-order valence-corrected chi connectivity index (χ2v) is 24.8. The minimum atomic E-state index is -2.25. The molecule has 5 nitrogen and oxygen atoms in total. The molecule has 0 fully saturated rings. The van der Waals surface area contributed by atoms with Gasteiger partial charge in [0.1, 0.15) is 0 Å². The van der Waals surface area contributed by atoms with Crippen LogP contribution in [0.5, 0.6) is 0 Å². The molecule has 1 unspecified atom stereocenters. The molecule has 9 heteroatoms. The van der Waals surface area contributed by atoms with E-state index < -0.39 is 33.8 Å². The van der Waals surface area contributed by atoms with E-state index in [1.165, 1.54) is 0 Å². The second kappa shape index (κ2) is 18.4. The molecule has 0 amide bonds. The molecule has 0 saturated heterocycles. The number of nitrogens with one attached hydrogen (secondary N) is 1. The highest BCUT2D eigenvalue weighted by atomic mass is 28.5. The molecule has 0 rings (SSSR count). The molecule has 0 aromatic heterocycles. The van der Waals surface area contributed by atoms with E-state index in [0.717, 1.165) is 19.1 Å². The average Bonchev–Trinajstić information content (AvgIpc) is 2.16. The summed E-state index contributed by atoms with van der Waals surface area (Å²) in [5.41, 5.74) is 5.54. The van der Waals surface area contributed by atoms with Crippen molar-refractivity contribution < 1.29 is 12.3 Å². The van der Waals surface area contributed by atoms with Crippen molar-refractivity contribution in [2.45, 2.75) is 110 Å². The molecule has 0 spiro atoms. The van der Waals surface area contributed by atoms with Crippen molar-refractivity contribution in [3.05, 3.63) is 0 Å². The molecule has 1 atom stereocenters. The van der Waals surface area contributed by atoms with Gasteiger partial charge in [-0.25, -0.2) is 0 Å². The highest BCUT2D eigenvalue weighted by Gasteiger charge is 2.44. The lowest BCUT2D eigenvalue weighted by atomic mass is 10.6. The zero-order valence-corrected chi connectivity index (χ0v) is 20.1. The third-order valence-corrected chi connectivity index (χ3v) is 16.1. The van der Waals surface area contributed by atoms with Crippen LogP contribution < -0.4 is 11.1 Å². The molecule has 0 aliphatic heterocycles. The quantitative estimate of drug-likeness (QED) is 0.251. The molecule has 182 valence electrons. The van der Waals surface area contributed by atoms with Crippen LogP contribution in [0.2, 0.25) is 65.0 Å². The zero-order valence-electron chi connectivity index (χ0n) is 16.1. The third kappa shape index (κ3) is 26.7. The molecule has 0 aliphatic carbocycles. The minimum absolute atomic E-state index is 0. The first-order valence-corrected chi connectivity index (χ1v) is 20.4. The van der Waals surface area contributed by atoms with Gasteiger partial charge in [-0.3, -0.25) is 0 Å². The molecule has 0 radical (unpaired) electrons. The van der Waals surface area contributed by atoms with Gasteiger partial charge in [0, 0.05) is 19.1 Å². The Hall–Kier alpha value is 0.668. The second-order valence-electron chi connectivity index (χ2n) is 8.35. The minimum Gasteiger partial charge on any atom is -0.437 e. The fourth-order valence-corrected chi connectivity index (χ4v) is 20.4. The van der Waals surface area contributed by atoms with E-state index >= 15 is 0 Å². The van der Waals surface area contributed by atoms with Gasteiger partial charge in [0.15, 0.2) is 16.6 Å². The Morgan fingerprint density at radius 3 is 1.32 bits per heavy atom. The summed E-state index contributed by atoms with van der Waals surface area (Å²) in [5.74, 6) is 0. The predicted molar refractivity (Wildman–Crippen MR) is 146 cm³/mol. The number of hydrogen-bond acceptors (Lipinski definition) is 5. The average molecular weight is 479 g/mol. The summed E-state index contributed by atoms with van der Waals surface area (Å²) in [6.07, 6.45) is 0. The molecule has 0 bridgehead atoms. The maximum atomic E-state index is 6.59. The number of hydrogen-bond donors (Lipinski definition) is 2. The lowest BCUT2D eigenvalue weighted by molar-refractivity contribution is 0.323.